The van der Waals surface area contributed by atoms with E-state index in [1.807, 2.05) is 0 Å². The molecule has 1 amide bonds. The Kier molecular flexibility index (Phi) is 6.93. The van der Waals surface area contributed by atoms with Gasteiger partial charge in [-0.3, -0.25) is 4.79 Å². The average Bonchev–Trinajstić information content (AvgIpc) is 2.55. The van der Waals surface area contributed by atoms with E-state index in [9.17, 15) is 4.79 Å². The summed E-state index contributed by atoms with van der Waals surface area (Å²) >= 11 is 0. The number of nitrogens with two attached hydrogens (primary N) is 1. The van der Waals surface area contributed by atoms with E-state index in [0.717, 1.165) is 51.5 Å². The minimum Gasteiger partial charge on any atom is -0.381 e. The molecule has 0 aromatic rings. The fraction of sp³-hybridized carbons (Fsp3) is 0.938. The number of piperidine rings is 1. The van der Waals surface area contributed by atoms with Gasteiger partial charge in [-0.1, -0.05) is 6.92 Å². The van der Waals surface area contributed by atoms with Crippen LogP contribution in [0.2, 0.25) is 0 Å². The molecule has 2 fully saturated rings. The molecule has 0 aliphatic carbocycles. The number of likely N-dealkylation sites (tertiary alicyclic amines) is 1. The first-order valence-electron chi connectivity index (χ1n) is 8.54. The zero-order chi connectivity index (χ0) is 15.1. The first-order valence-corrected chi connectivity index (χ1v) is 8.54. The number of nitrogens with one attached hydrogen (secondary N) is 1. The Morgan fingerprint density at radius 2 is 1.95 bits per heavy atom. The largest absolute Gasteiger partial charge is 0.381 e. The Balaban J connectivity index is 1.60. The molecular formula is C16H31N3O2. The average molecular weight is 297 g/mol. The van der Waals surface area contributed by atoms with Crippen molar-refractivity contribution in [2.45, 2.75) is 45.1 Å². The summed E-state index contributed by atoms with van der Waals surface area (Å²) in [6.45, 7) is 8.03. The molecule has 0 bridgehead atoms. The van der Waals surface area contributed by atoms with Crippen LogP contribution < -0.4 is 11.1 Å². The van der Waals surface area contributed by atoms with Crippen molar-refractivity contribution >= 4 is 5.91 Å². The molecule has 0 aromatic carbocycles. The number of ether oxygens (including phenoxy) is 1. The summed E-state index contributed by atoms with van der Waals surface area (Å²) in [6.07, 6.45) is 5.42. The van der Waals surface area contributed by atoms with Crippen LogP contribution in [0.25, 0.3) is 0 Å². The van der Waals surface area contributed by atoms with Gasteiger partial charge in [-0.05, 0) is 63.6 Å². The molecule has 21 heavy (non-hydrogen) atoms. The zero-order valence-electron chi connectivity index (χ0n) is 13.4. The smallest absolute Gasteiger partial charge is 0.237 e. The van der Waals surface area contributed by atoms with E-state index < -0.39 is 0 Å². The highest BCUT2D eigenvalue weighted by atomic mass is 16.5. The molecule has 3 N–H and O–H groups in total. The number of hydrogen-bond donors (Lipinski definition) is 2. The van der Waals surface area contributed by atoms with Gasteiger partial charge in [0.15, 0.2) is 0 Å². The number of hydrogen-bond acceptors (Lipinski definition) is 4. The summed E-state index contributed by atoms with van der Waals surface area (Å²) < 4.78 is 5.32. The molecule has 0 aromatic heterocycles. The van der Waals surface area contributed by atoms with E-state index in [1.54, 1.807) is 0 Å². The van der Waals surface area contributed by atoms with Gasteiger partial charge in [0.1, 0.15) is 0 Å². The fourth-order valence-corrected chi connectivity index (χ4v) is 3.40. The van der Waals surface area contributed by atoms with E-state index in [4.69, 9.17) is 10.5 Å². The van der Waals surface area contributed by atoms with Gasteiger partial charge >= 0.3 is 0 Å². The van der Waals surface area contributed by atoms with E-state index in [-0.39, 0.29) is 17.9 Å². The summed E-state index contributed by atoms with van der Waals surface area (Å²) in [5.41, 5.74) is 6.07. The van der Waals surface area contributed by atoms with Gasteiger partial charge in [-0.2, -0.15) is 0 Å². The second kappa shape index (κ2) is 8.71. The fourth-order valence-electron chi connectivity index (χ4n) is 3.40. The normalized spacial score (nSPS) is 23.9. The van der Waals surface area contributed by atoms with Crippen molar-refractivity contribution in [3.8, 4) is 0 Å². The number of carbonyl (C=O) groups excluding carboxylic acids is 1. The molecule has 2 aliphatic heterocycles. The van der Waals surface area contributed by atoms with E-state index in [0.29, 0.717) is 0 Å². The maximum absolute atomic E-state index is 12.1. The molecule has 1 unspecified atom stereocenters. The van der Waals surface area contributed by atoms with Crippen LogP contribution in [0.5, 0.6) is 0 Å². The molecule has 2 saturated heterocycles. The highest BCUT2D eigenvalue weighted by Gasteiger charge is 2.26. The van der Waals surface area contributed by atoms with E-state index in [2.05, 4.69) is 17.1 Å². The quantitative estimate of drug-likeness (QED) is 0.767. The molecule has 5 nitrogen and oxygen atoms in total. The topological polar surface area (TPSA) is 67.6 Å². The number of amides is 1. The lowest BCUT2D eigenvalue weighted by molar-refractivity contribution is -0.124. The summed E-state index contributed by atoms with van der Waals surface area (Å²) in [5.74, 6) is 1.06. The van der Waals surface area contributed by atoms with Gasteiger partial charge in [0, 0.05) is 19.8 Å². The minimum absolute atomic E-state index is 0.0212. The second-order valence-electron chi connectivity index (χ2n) is 6.43. The van der Waals surface area contributed by atoms with Gasteiger partial charge in [0.25, 0.3) is 0 Å². The van der Waals surface area contributed by atoms with Crippen molar-refractivity contribution in [1.29, 1.82) is 0 Å². The Morgan fingerprint density at radius 3 is 2.57 bits per heavy atom. The lowest BCUT2D eigenvalue weighted by atomic mass is 9.91. The summed E-state index contributed by atoms with van der Waals surface area (Å²) in [5, 5.41) is 3.03. The molecule has 122 valence electrons. The predicted molar refractivity (Wildman–Crippen MR) is 84.0 cm³/mol. The van der Waals surface area contributed by atoms with Crippen molar-refractivity contribution in [3.05, 3.63) is 0 Å². The van der Waals surface area contributed by atoms with Crippen LogP contribution in [0.3, 0.4) is 0 Å². The van der Waals surface area contributed by atoms with Crippen LogP contribution >= 0.6 is 0 Å². The van der Waals surface area contributed by atoms with Gasteiger partial charge in [-0.25, -0.2) is 0 Å². The first kappa shape index (κ1) is 16.7. The summed E-state index contributed by atoms with van der Waals surface area (Å²) in [4.78, 5) is 14.6. The van der Waals surface area contributed by atoms with E-state index in [1.165, 1.54) is 25.9 Å². The predicted octanol–water partition coefficient (Wildman–Crippen LogP) is 0.979. The third-order valence-corrected chi connectivity index (χ3v) is 5.08. The summed E-state index contributed by atoms with van der Waals surface area (Å²) in [6, 6.07) is -0.365. The third kappa shape index (κ3) is 5.24. The molecule has 5 heteroatoms. The van der Waals surface area contributed by atoms with Crippen molar-refractivity contribution < 1.29 is 9.53 Å². The first-order chi connectivity index (χ1) is 10.2. The lowest BCUT2D eigenvalue weighted by Gasteiger charge is -2.31. The molecule has 2 heterocycles. The number of carbonyl (C=O) groups is 1. The van der Waals surface area contributed by atoms with Crippen LogP contribution in [0.15, 0.2) is 0 Å². The van der Waals surface area contributed by atoms with Crippen LogP contribution in [-0.2, 0) is 9.53 Å². The highest BCUT2D eigenvalue weighted by Crippen LogP contribution is 2.20. The standard InChI is InChI=1S/C16H31N3O2/c1-2-19-9-4-13(5-10-19)3-8-18-16(20)15(17)14-6-11-21-12-7-14/h13-15H,2-12,17H2,1H3,(H,18,20). The van der Waals surface area contributed by atoms with E-state index >= 15 is 0 Å². The molecule has 1 atom stereocenters. The van der Waals surface area contributed by atoms with Crippen molar-refractivity contribution in [2.75, 3.05) is 39.4 Å². The highest BCUT2D eigenvalue weighted by molar-refractivity contribution is 5.81. The van der Waals surface area contributed by atoms with Gasteiger partial charge in [0.05, 0.1) is 6.04 Å². The molecule has 0 radical (unpaired) electrons. The Morgan fingerprint density at radius 1 is 1.29 bits per heavy atom. The van der Waals surface area contributed by atoms with Crippen LogP contribution in [0.1, 0.15) is 39.0 Å². The lowest BCUT2D eigenvalue weighted by Crippen LogP contribution is -2.47. The monoisotopic (exact) mass is 297 g/mol. The van der Waals surface area contributed by atoms with Gasteiger partial charge in [-0.15, -0.1) is 0 Å². The Bertz CT molecular complexity index is 311. The zero-order valence-corrected chi connectivity index (χ0v) is 13.4. The van der Waals surface area contributed by atoms with Crippen molar-refractivity contribution in [3.63, 3.8) is 0 Å². The minimum atomic E-state index is -0.365. The van der Waals surface area contributed by atoms with Gasteiger partial charge in [0.2, 0.25) is 5.91 Å². The SMILES string of the molecule is CCN1CCC(CCNC(=O)C(N)C2CCOCC2)CC1. The second-order valence-corrected chi connectivity index (χ2v) is 6.43. The molecule has 0 saturated carbocycles. The van der Waals surface area contributed by atoms with Crippen LogP contribution in [0.4, 0.5) is 0 Å². The van der Waals surface area contributed by atoms with Crippen LogP contribution in [0, 0.1) is 11.8 Å². The molecule has 2 rings (SSSR count). The Labute approximate surface area is 128 Å². The molecule has 0 spiro atoms. The molecular weight excluding hydrogens is 266 g/mol. The summed E-state index contributed by atoms with van der Waals surface area (Å²) in [7, 11) is 0. The van der Waals surface area contributed by atoms with Crippen LogP contribution in [-0.4, -0.2) is 56.2 Å². The number of nitrogens with zero attached hydrogens (tertiary/aromatic N) is 1. The maximum Gasteiger partial charge on any atom is 0.237 e. The number of rotatable bonds is 6. The maximum atomic E-state index is 12.1. The Hall–Kier alpha value is -0.650. The van der Waals surface area contributed by atoms with Crippen molar-refractivity contribution in [2.24, 2.45) is 17.6 Å². The van der Waals surface area contributed by atoms with Gasteiger partial charge < -0.3 is 20.7 Å². The van der Waals surface area contributed by atoms with Crippen molar-refractivity contribution in [1.82, 2.24) is 10.2 Å². The molecule has 2 aliphatic rings. The third-order valence-electron chi connectivity index (χ3n) is 5.08.